The number of hydrogen-bond acceptors (Lipinski definition) is 9. The topological polar surface area (TPSA) is 92.8 Å². The van der Waals surface area contributed by atoms with E-state index in [1.165, 1.54) is 35.5 Å². The summed E-state index contributed by atoms with van der Waals surface area (Å²) < 4.78 is 31.8. The minimum atomic E-state index is -0.836. The molecule has 9 nitrogen and oxygen atoms in total. The number of nitrogens with zero attached hydrogens (tertiary/aromatic N) is 1. The van der Waals surface area contributed by atoms with Gasteiger partial charge in [0.25, 0.3) is 0 Å². The molecule has 0 radical (unpaired) electrons. The van der Waals surface area contributed by atoms with Crippen molar-refractivity contribution < 1.29 is 38.0 Å². The summed E-state index contributed by atoms with van der Waals surface area (Å²) in [6.07, 6.45) is 3.31. The predicted molar refractivity (Wildman–Crippen MR) is 128 cm³/mol. The molecule has 35 heavy (non-hydrogen) atoms. The Morgan fingerprint density at radius 1 is 0.714 bits per heavy atom. The average molecular weight is 484 g/mol. The molecular formula is C26H29NO8. The quantitative estimate of drug-likeness (QED) is 0.497. The van der Waals surface area contributed by atoms with Crippen molar-refractivity contribution in [1.82, 2.24) is 4.90 Å². The first-order valence-corrected chi connectivity index (χ1v) is 10.7. The van der Waals surface area contributed by atoms with Crippen LogP contribution in [0.15, 0.2) is 59.9 Å². The number of rotatable bonds is 9. The molecule has 0 saturated carbocycles. The SMILES string of the molecule is COC(=O)C1=CN(Cc2ccc(OC)cc2)C=C(C(=O)OC)C1c1cc(OC)c(OC)cc1OC. The number of methoxy groups -OCH3 is 6. The second-order valence-electron chi connectivity index (χ2n) is 7.55. The van der Waals surface area contributed by atoms with E-state index in [0.717, 1.165) is 11.3 Å². The van der Waals surface area contributed by atoms with Crippen molar-refractivity contribution in [3.05, 3.63) is 71.1 Å². The van der Waals surface area contributed by atoms with Gasteiger partial charge in [-0.05, 0) is 23.8 Å². The third kappa shape index (κ3) is 5.34. The van der Waals surface area contributed by atoms with Gasteiger partial charge in [0.2, 0.25) is 0 Å². The molecule has 9 heteroatoms. The van der Waals surface area contributed by atoms with E-state index in [-0.39, 0.29) is 11.1 Å². The predicted octanol–water partition coefficient (Wildman–Crippen LogP) is 3.43. The van der Waals surface area contributed by atoms with Crippen LogP contribution in [0.1, 0.15) is 17.0 Å². The smallest absolute Gasteiger partial charge is 0.336 e. The van der Waals surface area contributed by atoms with E-state index >= 15 is 0 Å². The van der Waals surface area contributed by atoms with E-state index in [2.05, 4.69) is 0 Å². The molecule has 0 atom stereocenters. The highest BCUT2D eigenvalue weighted by Gasteiger charge is 2.37. The van der Waals surface area contributed by atoms with Crippen LogP contribution < -0.4 is 18.9 Å². The Labute approximate surface area is 204 Å². The molecule has 1 aliphatic heterocycles. The average Bonchev–Trinajstić information content (AvgIpc) is 2.91. The van der Waals surface area contributed by atoms with Crippen molar-refractivity contribution in [1.29, 1.82) is 0 Å². The third-order valence-corrected chi connectivity index (χ3v) is 5.65. The van der Waals surface area contributed by atoms with Gasteiger partial charge in [0.15, 0.2) is 11.5 Å². The van der Waals surface area contributed by atoms with Gasteiger partial charge in [-0.25, -0.2) is 9.59 Å². The van der Waals surface area contributed by atoms with Gasteiger partial charge in [-0.15, -0.1) is 0 Å². The van der Waals surface area contributed by atoms with Crippen LogP contribution in [0.4, 0.5) is 0 Å². The minimum Gasteiger partial charge on any atom is -0.497 e. The second-order valence-corrected chi connectivity index (χ2v) is 7.55. The molecule has 0 unspecified atom stereocenters. The Morgan fingerprint density at radius 2 is 1.23 bits per heavy atom. The highest BCUT2D eigenvalue weighted by atomic mass is 16.5. The number of hydrogen-bond donors (Lipinski definition) is 0. The van der Waals surface area contributed by atoms with Crippen molar-refractivity contribution in [3.8, 4) is 23.0 Å². The van der Waals surface area contributed by atoms with Crippen molar-refractivity contribution in [3.63, 3.8) is 0 Å². The number of carbonyl (C=O) groups excluding carboxylic acids is 2. The van der Waals surface area contributed by atoms with Crippen LogP contribution in [-0.2, 0) is 25.6 Å². The molecule has 186 valence electrons. The standard InChI is InChI=1S/C26H29NO8/c1-30-17-9-7-16(8-10-17)13-27-14-19(25(28)34-5)24(20(15-27)26(29)35-6)18-11-22(32-3)23(33-4)12-21(18)31-2/h7-12,14-15,24H,13H2,1-6H3. The van der Waals surface area contributed by atoms with Crippen LogP contribution in [0.5, 0.6) is 23.0 Å². The lowest BCUT2D eigenvalue weighted by atomic mass is 9.82. The molecule has 0 spiro atoms. The van der Waals surface area contributed by atoms with Crippen LogP contribution in [0.2, 0.25) is 0 Å². The lowest BCUT2D eigenvalue weighted by Gasteiger charge is -2.31. The van der Waals surface area contributed by atoms with Gasteiger partial charge < -0.3 is 33.3 Å². The summed E-state index contributed by atoms with van der Waals surface area (Å²) >= 11 is 0. The molecule has 1 heterocycles. The van der Waals surface area contributed by atoms with Gasteiger partial charge in [0.1, 0.15) is 11.5 Å². The van der Waals surface area contributed by atoms with E-state index in [1.807, 2.05) is 24.3 Å². The fourth-order valence-electron chi connectivity index (χ4n) is 3.93. The Bertz CT molecular complexity index is 1100. The van der Waals surface area contributed by atoms with Crippen molar-refractivity contribution in [2.45, 2.75) is 12.5 Å². The van der Waals surface area contributed by atoms with Crippen LogP contribution in [0, 0.1) is 0 Å². The van der Waals surface area contributed by atoms with Gasteiger partial charge in [-0.1, -0.05) is 12.1 Å². The van der Waals surface area contributed by atoms with Crippen molar-refractivity contribution in [2.75, 3.05) is 42.7 Å². The summed E-state index contributed by atoms with van der Waals surface area (Å²) in [4.78, 5) is 27.7. The highest BCUT2D eigenvalue weighted by molar-refractivity contribution is 5.99. The zero-order valence-electron chi connectivity index (χ0n) is 20.6. The van der Waals surface area contributed by atoms with E-state index in [9.17, 15) is 9.59 Å². The molecule has 0 amide bonds. The Hall–Kier alpha value is -4.14. The van der Waals surface area contributed by atoms with Crippen molar-refractivity contribution >= 4 is 11.9 Å². The van der Waals surface area contributed by atoms with E-state index in [1.54, 1.807) is 36.5 Å². The number of carbonyl (C=O) groups is 2. The lowest BCUT2D eigenvalue weighted by Crippen LogP contribution is -2.29. The summed E-state index contributed by atoms with van der Waals surface area (Å²) in [6.45, 7) is 0.390. The highest BCUT2D eigenvalue weighted by Crippen LogP contribution is 2.45. The molecule has 2 aromatic carbocycles. The minimum absolute atomic E-state index is 0.231. The maximum Gasteiger partial charge on any atom is 0.336 e. The molecule has 3 rings (SSSR count). The maximum absolute atomic E-state index is 13.0. The molecule has 0 bridgehead atoms. The zero-order valence-corrected chi connectivity index (χ0v) is 20.6. The molecule has 0 fully saturated rings. The molecule has 1 aliphatic rings. The second kappa shape index (κ2) is 11.3. The normalized spacial score (nSPS) is 13.4. The van der Waals surface area contributed by atoms with Crippen LogP contribution >= 0.6 is 0 Å². The van der Waals surface area contributed by atoms with E-state index in [0.29, 0.717) is 29.4 Å². The first-order chi connectivity index (χ1) is 16.9. The summed E-state index contributed by atoms with van der Waals surface area (Å²) in [5, 5.41) is 0. The summed E-state index contributed by atoms with van der Waals surface area (Å²) in [5.74, 6) is -0.0426. The summed E-state index contributed by atoms with van der Waals surface area (Å²) in [5.41, 5.74) is 1.92. The van der Waals surface area contributed by atoms with Gasteiger partial charge in [-0.2, -0.15) is 0 Å². The number of ether oxygens (including phenoxy) is 6. The lowest BCUT2D eigenvalue weighted by molar-refractivity contribution is -0.137. The Balaban J connectivity index is 2.16. The fraction of sp³-hybridized carbons (Fsp3) is 0.308. The van der Waals surface area contributed by atoms with Crippen LogP contribution in [0.3, 0.4) is 0 Å². The zero-order chi connectivity index (χ0) is 25.5. The largest absolute Gasteiger partial charge is 0.497 e. The van der Waals surface area contributed by atoms with Gasteiger partial charge in [-0.3, -0.25) is 0 Å². The monoisotopic (exact) mass is 483 g/mol. The maximum atomic E-state index is 13.0. The molecule has 0 saturated heterocycles. The summed E-state index contributed by atoms with van der Waals surface area (Å²) in [6, 6.07) is 10.8. The van der Waals surface area contributed by atoms with Gasteiger partial charge in [0.05, 0.1) is 59.7 Å². The molecular weight excluding hydrogens is 454 g/mol. The van der Waals surface area contributed by atoms with Crippen molar-refractivity contribution in [2.24, 2.45) is 0 Å². The first kappa shape index (κ1) is 25.5. The van der Waals surface area contributed by atoms with Gasteiger partial charge >= 0.3 is 11.9 Å². The molecule has 0 aromatic heterocycles. The van der Waals surface area contributed by atoms with E-state index < -0.39 is 17.9 Å². The Morgan fingerprint density at radius 3 is 1.69 bits per heavy atom. The van der Waals surface area contributed by atoms with Crippen LogP contribution in [-0.4, -0.2) is 59.5 Å². The number of esters is 2. The van der Waals surface area contributed by atoms with E-state index in [4.69, 9.17) is 28.4 Å². The first-order valence-electron chi connectivity index (χ1n) is 10.7. The fourth-order valence-corrected chi connectivity index (χ4v) is 3.93. The molecule has 0 N–H and O–H groups in total. The molecule has 0 aliphatic carbocycles. The van der Waals surface area contributed by atoms with Gasteiger partial charge in [0, 0.05) is 30.6 Å². The Kier molecular flexibility index (Phi) is 8.25. The summed E-state index contributed by atoms with van der Waals surface area (Å²) in [7, 11) is 8.67. The van der Waals surface area contributed by atoms with Crippen LogP contribution in [0.25, 0.3) is 0 Å². The molecule has 2 aromatic rings. The third-order valence-electron chi connectivity index (χ3n) is 5.65. The number of benzene rings is 2.